The first-order chi connectivity index (χ1) is 8.58. The van der Waals surface area contributed by atoms with Gasteiger partial charge in [0.1, 0.15) is 0 Å². The summed E-state index contributed by atoms with van der Waals surface area (Å²) in [5, 5.41) is 20.8. The van der Waals surface area contributed by atoms with Crippen molar-refractivity contribution in [3.05, 3.63) is 28.8 Å². The number of nitrogens with two attached hydrogens (primary N) is 1. The van der Waals surface area contributed by atoms with Crippen LogP contribution in [0.3, 0.4) is 0 Å². The summed E-state index contributed by atoms with van der Waals surface area (Å²) in [6, 6.07) is 5.04. The molecule has 0 aromatic heterocycles. The van der Waals surface area contributed by atoms with Crippen molar-refractivity contribution in [1.82, 2.24) is 0 Å². The zero-order chi connectivity index (χ0) is 14.8. The molecule has 0 spiro atoms. The first-order valence-corrected chi connectivity index (χ1v) is 6.53. The van der Waals surface area contributed by atoms with Gasteiger partial charge < -0.3 is 20.5 Å². The van der Waals surface area contributed by atoms with Crippen LogP contribution in [0, 0.1) is 0 Å². The third-order valence-corrected chi connectivity index (χ3v) is 3.71. The second-order valence-electron chi connectivity index (χ2n) is 5.59. The van der Waals surface area contributed by atoms with E-state index in [1.807, 2.05) is 0 Å². The highest BCUT2D eigenvalue weighted by atomic mass is 35.5. The molecule has 0 atom stereocenters. The lowest BCUT2D eigenvalue weighted by Gasteiger charge is -2.38. The van der Waals surface area contributed by atoms with Crippen molar-refractivity contribution in [2.75, 3.05) is 0 Å². The van der Waals surface area contributed by atoms with Crippen LogP contribution >= 0.6 is 11.6 Å². The van der Waals surface area contributed by atoms with E-state index < -0.39 is 18.3 Å². The first kappa shape index (κ1) is 16.5. The molecular formula is C13H21BClNO3. The van der Waals surface area contributed by atoms with E-state index in [0.717, 1.165) is 0 Å². The average Bonchev–Trinajstić information content (AvgIpc) is 2.26. The molecule has 4 N–H and O–H groups in total. The van der Waals surface area contributed by atoms with E-state index in [9.17, 15) is 10.1 Å². The number of aliphatic hydroxyl groups is 1. The van der Waals surface area contributed by atoms with Gasteiger partial charge in [-0.15, -0.1) is 0 Å². The second kappa shape index (κ2) is 5.81. The van der Waals surface area contributed by atoms with Crippen molar-refractivity contribution in [3.8, 4) is 0 Å². The van der Waals surface area contributed by atoms with Crippen molar-refractivity contribution in [3.63, 3.8) is 0 Å². The fourth-order valence-electron chi connectivity index (χ4n) is 1.48. The molecule has 0 heterocycles. The van der Waals surface area contributed by atoms with Gasteiger partial charge in [-0.2, -0.15) is 0 Å². The normalized spacial score (nSPS) is 12.6. The third-order valence-electron chi connectivity index (χ3n) is 3.47. The largest absolute Gasteiger partial charge is 0.491 e. The lowest BCUT2D eigenvalue weighted by molar-refractivity contribution is -0.0982. The van der Waals surface area contributed by atoms with Crippen LogP contribution in [-0.4, -0.2) is 28.5 Å². The molecule has 1 aromatic rings. The van der Waals surface area contributed by atoms with Crippen LogP contribution in [0.1, 0.15) is 33.3 Å². The predicted molar refractivity (Wildman–Crippen MR) is 78.4 cm³/mol. The molecule has 6 heteroatoms. The summed E-state index contributed by atoms with van der Waals surface area (Å²) >= 11 is 5.89. The molecule has 0 bridgehead atoms. The minimum Gasteiger partial charge on any atom is -0.423 e. The van der Waals surface area contributed by atoms with Crippen molar-refractivity contribution in [1.29, 1.82) is 0 Å². The van der Waals surface area contributed by atoms with E-state index in [-0.39, 0.29) is 6.54 Å². The van der Waals surface area contributed by atoms with E-state index in [1.54, 1.807) is 45.9 Å². The smallest absolute Gasteiger partial charge is 0.423 e. The van der Waals surface area contributed by atoms with E-state index in [0.29, 0.717) is 16.0 Å². The van der Waals surface area contributed by atoms with Crippen molar-refractivity contribution in [2.45, 2.75) is 45.4 Å². The summed E-state index contributed by atoms with van der Waals surface area (Å²) in [6.07, 6.45) is 0. The highest BCUT2D eigenvalue weighted by Crippen LogP contribution is 2.25. The Morgan fingerprint density at radius 2 is 1.89 bits per heavy atom. The molecule has 19 heavy (non-hydrogen) atoms. The summed E-state index contributed by atoms with van der Waals surface area (Å²) in [7, 11) is -1.17. The van der Waals surface area contributed by atoms with Gasteiger partial charge in [0.25, 0.3) is 0 Å². The molecule has 0 saturated carbocycles. The minimum atomic E-state index is -1.17. The molecular weight excluding hydrogens is 264 g/mol. The number of benzene rings is 1. The Hall–Kier alpha value is -0.585. The second-order valence-corrected chi connectivity index (χ2v) is 6.02. The van der Waals surface area contributed by atoms with E-state index in [1.165, 1.54) is 0 Å². The van der Waals surface area contributed by atoms with Gasteiger partial charge in [-0.3, -0.25) is 0 Å². The Morgan fingerprint density at radius 1 is 1.32 bits per heavy atom. The summed E-state index contributed by atoms with van der Waals surface area (Å²) in [6.45, 7) is 6.94. The van der Waals surface area contributed by atoms with Crippen molar-refractivity contribution < 1.29 is 14.8 Å². The van der Waals surface area contributed by atoms with E-state index in [4.69, 9.17) is 22.0 Å². The summed E-state index contributed by atoms with van der Waals surface area (Å²) in [4.78, 5) is 0. The molecule has 1 aromatic carbocycles. The van der Waals surface area contributed by atoms with Crippen LogP contribution in [0.4, 0.5) is 0 Å². The van der Waals surface area contributed by atoms with Gasteiger partial charge in [-0.05, 0) is 50.9 Å². The van der Waals surface area contributed by atoms with E-state index in [2.05, 4.69) is 0 Å². The Morgan fingerprint density at radius 3 is 2.37 bits per heavy atom. The summed E-state index contributed by atoms with van der Waals surface area (Å²) < 4.78 is 5.58. The van der Waals surface area contributed by atoms with Gasteiger partial charge in [-0.1, -0.05) is 17.7 Å². The lowest BCUT2D eigenvalue weighted by atomic mass is 9.74. The molecule has 0 fully saturated rings. The number of hydrogen-bond acceptors (Lipinski definition) is 4. The lowest BCUT2D eigenvalue weighted by Crippen LogP contribution is -2.53. The maximum Gasteiger partial charge on any atom is 0.491 e. The van der Waals surface area contributed by atoms with Crippen LogP contribution in [0.25, 0.3) is 0 Å². The SMILES string of the molecule is CC(C)(O)C(C)(C)OB(O)c1ccc(Cl)cc1CN. The average molecular weight is 286 g/mol. The topological polar surface area (TPSA) is 75.7 Å². The molecule has 0 aliphatic rings. The molecule has 0 aliphatic heterocycles. The van der Waals surface area contributed by atoms with Crippen molar-refractivity contribution in [2.24, 2.45) is 5.73 Å². The van der Waals surface area contributed by atoms with Gasteiger partial charge in [0.2, 0.25) is 0 Å². The zero-order valence-corrected chi connectivity index (χ0v) is 12.5. The monoisotopic (exact) mass is 285 g/mol. The Kier molecular flexibility index (Phi) is 5.04. The summed E-state index contributed by atoms with van der Waals surface area (Å²) in [5.74, 6) is 0. The van der Waals surface area contributed by atoms with Crippen LogP contribution in [0.15, 0.2) is 18.2 Å². The van der Waals surface area contributed by atoms with Gasteiger partial charge in [0, 0.05) is 11.6 Å². The van der Waals surface area contributed by atoms with Crippen LogP contribution in [0.2, 0.25) is 5.02 Å². The van der Waals surface area contributed by atoms with Gasteiger partial charge >= 0.3 is 7.12 Å². The Bertz CT molecular complexity index is 446. The highest BCUT2D eigenvalue weighted by Gasteiger charge is 2.39. The van der Waals surface area contributed by atoms with Crippen molar-refractivity contribution >= 4 is 24.2 Å². The Labute approximate surface area is 119 Å². The molecule has 1 rings (SSSR count). The Balaban J connectivity index is 2.99. The highest BCUT2D eigenvalue weighted by molar-refractivity contribution is 6.60. The van der Waals surface area contributed by atoms with Crippen LogP contribution in [0.5, 0.6) is 0 Å². The molecule has 0 radical (unpaired) electrons. The fraction of sp³-hybridized carbons (Fsp3) is 0.538. The molecule has 106 valence electrons. The molecule has 0 unspecified atom stereocenters. The van der Waals surface area contributed by atoms with E-state index >= 15 is 0 Å². The van der Waals surface area contributed by atoms with Gasteiger partial charge in [0.15, 0.2) is 0 Å². The number of halogens is 1. The fourth-order valence-corrected chi connectivity index (χ4v) is 1.67. The molecule has 0 amide bonds. The third kappa shape index (κ3) is 3.94. The number of hydrogen-bond donors (Lipinski definition) is 3. The van der Waals surface area contributed by atoms with Crippen LogP contribution in [-0.2, 0) is 11.2 Å². The molecule has 4 nitrogen and oxygen atoms in total. The van der Waals surface area contributed by atoms with Crippen LogP contribution < -0.4 is 11.2 Å². The summed E-state index contributed by atoms with van der Waals surface area (Å²) in [5.41, 5.74) is 4.89. The minimum absolute atomic E-state index is 0.249. The van der Waals surface area contributed by atoms with Gasteiger partial charge in [-0.25, -0.2) is 0 Å². The maximum atomic E-state index is 10.2. The molecule has 0 saturated heterocycles. The standard InChI is InChI=1S/C13H21BClNO3/c1-12(2,17)13(3,4)19-14(18)11-6-5-10(15)7-9(11)8-16/h5-7,17-18H,8,16H2,1-4H3. The maximum absolute atomic E-state index is 10.2. The first-order valence-electron chi connectivity index (χ1n) is 6.15. The quantitative estimate of drug-likeness (QED) is 0.707. The number of rotatable bonds is 5. The zero-order valence-electron chi connectivity index (χ0n) is 11.8. The van der Waals surface area contributed by atoms with Gasteiger partial charge in [0.05, 0.1) is 11.2 Å². The molecule has 0 aliphatic carbocycles. The predicted octanol–water partition coefficient (Wildman–Crippen LogP) is 1.05.